The predicted octanol–water partition coefficient (Wildman–Crippen LogP) is 2.86. The number of nitrogens with zero attached hydrogens (tertiary/aromatic N) is 4. The largest absolute Gasteiger partial charge is 0.465 e. The highest BCUT2D eigenvalue weighted by molar-refractivity contribution is 7.90. The van der Waals surface area contributed by atoms with Crippen LogP contribution in [-0.2, 0) is 15.3 Å². The van der Waals surface area contributed by atoms with Crippen molar-refractivity contribution in [3.8, 4) is 0 Å². The van der Waals surface area contributed by atoms with Gasteiger partial charge in [-0.15, -0.1) is 0 Å². The molecule has 3 rings (SSSR count). The second-order valence-corrected chi connectivity index (χ2v) is 10.4. The monoisotopic (exact) mass is 451 g/mol. The second-order valence-electron chi connectivity index (χ2n) is 8.46. The molecule has 2 heterocycles. The Morgan fingerprint density at radius 2 is 1.68 bits per heavy atom. The van der Waals surface area contributed by atoms with Crippen LogP contribution >= 0.6 is 0 Å². The Bertz CT molecular complexity index is 1080. The van der Waals surface area contributed by atoms with Gasteiger partial charge in [0.25, 0.3) is 5.16 Å². The molecule has 31 heavy (non-hydrogen) atoms. The van der Waals surface area contributed by atoms with Gasteiger partial charge in [-0.05, 0) is 29.7 Å². The molecule has 2 N–H and O–H groups in total. The molecule has 9 nitrogen and oxygen atoms in total. The van der Waals surface area contributed by atoms with E-state index < -0.39 is 27.2 Å². The third-order valence-corrected chi connectivity index (χ3v) is 5.75. The van der Waals surface area contributed by atoms with Crippen LogP contribution in [0.1, 0.15) is 26.3 Å². The number of halogens is 1. The molecule has 0 aliphatic carbocycles. The molecule has 1 fully saturated rings. The minimum absolute atomic E-state index is 0.276. The van der Waals surface area contributed by atoms with E-state index in [1.807, 2.05) is 25.7 Å². The summed E-state index contributed by atoms with van der Waals surface area (Å²) in [4.78, 5) is 23.1. The lowest BCUT2D eigenvalue weighted by Gasteiger charge is -2.37. The van der Waals surface area contributed by atoms with Gasteiger partial charge in [0.2, 0.25) is 9.84 Å². The van der Waals surface area contributed by atoms with Crippen LogP contribution in [0.25, 0.3) is 0 Å². The number of hydrogen-bond acceptors (Lipinski definition) is 7. The lowest BCUT2D eigenvalue weighted by atomic mass is 9.86. The molecule has 11 heteroatoms. The summed E-state index contributed by atoms with van der Waals surface area (Å²) in [5.41, 5.74) is 0.761. The molecule has 1 aliphatic heterocycles. The highest BCUT2D eigenvalue weighted by Gasteiger charge is 2.32. The van der Waals surface area contributed by atoms with E-state index in [2.05, 4.69) is 15.3 Å². The van der Waals surface area contributed by atoms with E-state index in [1.165, 1.54) is 29.2 Å². The maximum Gasteiger partial charge on any atom is 0.407 e. The van der Waals surface area contributed by atoms with Crippen LogP contribution in [0.5, 0.6) is 0 Å². The van der Waals surface area contributed by atoms with Gasteiger partial charge in [-0.2, -0.15) is 0 Å². The SMILES string of the molecule is CC(C)(C)c1c(Nc2ccc(F)cc2)nc(S(C)(=O)=O)nc1N1CCN(C(=O)O)CC1. The van der Waals surface area contributed by atoms with Gasteiger partial charge in [0, 0.05) is 43.7 Å². The first-order chi connectivity index (χ1) is 14.4. The Morgan fingerprint density at radius 1 is 1.10 bits per heavy atom. The number of piperazine rings is 1. The number of amides is 1. The van der Waals surface area contributed by atoms with Crippen molar-refractivity contribution in [1.82, 2.24) is 14.9 Å². The van der Waals surface area contributed by atoms with Crippen LogP contribution in [0.2, 0.25) is 0 Å². The smallest absolute Gasteiger partial charge is 0.407 e. The zero-order valence-electron chi connectivity index (χ0n) is 17.9. The Kier molecular flexibility index (Phi) is 6.08. The Hall–Kier alpha value is -2.95. The van der Waals surface area contributed by atoms with Crippen molar-refractivity contribution in [3.05, 3.63) is 35.6 Å². The number of hydrogen-bond donors (Lipinski definition) is 2. The normalized spacial score (nSPS) is 15.1. The maximum atomic E-state index is 13.3. The van der Waals surface area contributed by atoms with Gasteiger partial charge in [0.15, 0.2) is 0 Å². The fourth-order valence-corrected chi connectivity index (χ4v) is 3.89. The summed E-state index contributed by atoms with van der Waals surface area (Å²) in [5, 5.41) is 12.0. The van der Waals surface area contributed by atoms with E-state index >= 15 is 0 Å². The Balaban J connectivity index is 2.13. The molecule has 2 aromatic rings. The summed E-state index contributed by atoms with van der Waals surface area (Å²) in [6.07, 6.45) is 0.0429. The standard InChI is InChI=1S/C20H26FN5O4S/c1-20(2,3)15-16(22-14-7-5-13(21)6-8-14)23-18(31(4,29)30)24-17(15)25-9-11-26(12-10-25)19(27)28/h5-8H,9-12H2,1-4H3,(H,27,28)(H,22,23,24). The van der Waals surface area contributed by atoms with E-state index in [1.54, 1.807) is 0 Å². The summed E-state index contributed by atoms with van der Waals surface area (Å²) in [7, 11) is -3.73. The van der Waals surface area contributed by atoms with Crippen molar-refractivity contribution in [1.29, 1.82) is 0 Å². The fraction of sp³-hybridized carbons (Fsp3) is 0.450. The van der Waals surface area contributed by atoms with E-state index in [0.717, 1.165) is 6.26 Å². The van der Waals surface area contributed by atoms with Gasteiger partial charge in [-0.1, -0.05) is 20.8 Å². The second kappa shape index (κ2) is 8.29. The van der Waals surface area contributed by atoms with Crippen LogP contribution < -0.4 is 10.2 Å². The zero-order valence-corrected chi connectivity index (χ0v) is 18.7. The summed E-state index contributed by atoms with van der Waals surface area (Å²) in [5.74, 6) is 0.362. The minimum atomic E-state index is -3.73. The molecular formula is C20H26FN5O4S. The Labute approximate surface area is 180 Å². The van der Waals surface area contributed by atoms with Gasteiger partial charge < -0.3 is 20.2 Å². The molecule has 0 spiro atoms. The molecular weight excluding hydrogens is 425 g/mol. The number of benzene rings is 1. The lowest BCUT2D eigenvalue weighted by Crippen LogP contribution is -2.49. The highest BCUT2D eigenvalue weighted by atomic mass is 32.2. The third-order valence-electron chi connectivity index (χ3n) is 4.91. The summed E-state index contributed by atoms with van der Waals surface area (Å²) >= 11 is 0. The van der Waals surface area contributed by atoms with Gasteiger partial charge in [0.1, 0.15) is 17.5 Å². The van der Waals surface area contributed by atoms with Crippen LogP contribution in [-0.4, -0.2) is 66.9 Å². The molecule has 1 aromatic heterocycles. The van der Waals surface area contributed by atoms with Crippen LogP contribution in [0, 0.1) is 5.82 Å². The highest BCUT2D eigenvalue weighted by Crippen LogP contribution is 2.38. The number of carbonyl (C=O) groups is 1. The average Bonchev–Trinajstić information content (AvgIpc) is 2.67. The predicted molar refractivity (Wildman–Crippen MR) is 115 cm³/mol. The van der Waals surface area contributed by atoms with E-state index in [0.29, 0.717) is 36.0 Å². The first kappa shape index (κ1) is 22.7. The molecule has 0 radical (unpaired) electrons. The van der Waals surface area contributed by atoms with Crippen molar-refractivity contribution in [2.45, 2.75) is 31.3 Å². The van der Waals surface area contributed by atoms with E-state index in [-0.39, 0.29) is 18.2 Å². The molecule has 0 saturated carbocycles. The van der Waals surface area contributed by atoms with Crippen molar-refractivity contribution in [3.63, 3.8) is 0 Å². The number of carboxylic acid groups (broad SMARTS) is 1. The molecule has 0 unspecified atom stereocenters. The number of aromatic nitrogens is 2. The van der Waals surface area contributed by atoms with Crippen LogP contribution in [0.15, 0.2) is 29.4 Å². The number of rotatable bonds is 4. The van der Waals surface area contributed by atoms with Gasteiger partial charge >= 0.3 is 6.09 Å². The summed E-state index contributed by atoms with van der Waals surface area (Å²) in [6.45, 7) is 7.16. The fourth-order valence-electron chi connectivity index (χ4n) is 3.38. The van der Waals surface area contributed by atoms with Crippen molar-refractivity contribution < 1.29 is 22.7 Å². The number of anilines is 3. The summed E-state index contributed by atoms with van der Waals surface area (Å²) < 4.78 is 38.0. The first-order valence-electron chi connectivity index (χ1n) is 9.74. The van der Waals surface area contributed by atoms with Crippen LogP contribution in [0.3, 0.4) is 0 Å². The van der Waals surface area contributed by atoms with Gasteiger partial charge in [-0.3, -0.25) is 0 Å². The van der Waals surface area contributed by atoms with Crippen molar-refractivity contribution in [2.75, 3.05) is 42.7 Å². The van der Waals surface area contributed by atoms with Gasteiger partial charge in [0.05, 0.1) is 0 Å². The molecule has 1 amide bonds. The average molecular weight is 452 g/mol. The van der Waals surface area contributed by atoms with Crippen molar-refractivity contribution in [2.24, 2.45) is 0 Å². The molecule has 1 saturated heterocycles. The van der Waals surface area contributed by atoms with Gasteiger partial charge in [-0.25, -0.2) is 27.6 Å². The molecule has 0 bridgehead atoms. The lowest BCUT2D eigenvalue weighted by molar-refractivity contribution is 0.142. The molecule has 0 atom stereocenters. The van der Waals surface area contributed by atoms with Crippen LogP contribution in [0.4, 0.5) is 26.5 Å². The van der Waals surface area contributed by atoms with Crippen molar-refractivity contribution >= 4 is 33.3 Å². The number of nitrogens with one attached hydrogen (secondary N) is 1. The molecule has 1 aliphatic rings. The summed E-state index contributed by atoms with van der Waals surface area (Å²) in [6, 6.07) is 5.66. The third kappa shape index (κ3) is 5.22. The van der Waals surface area contributed by atoms with E-state index in [4.69, 9.17) is 0 Å². The molecule has 1 aromatic carbocycles. The minimum Gasteiger partial charge on any atom is -0.465 e. The Morgan fingerprint density at radius 3 is 2.16 bits per heavy atom. The first-order valence-corrected chi connectivity index (χ1v) is 11.6. The zero-order chi connectivity index (χ0) is 23.0. The molecule has 168 valence electrons. The quantitative estimate of drug-likeness (QED) is 0.682. The topological polar surface area (TPSA) is 116 Å². The number of sulfone groups is 1. The maximum absolute atomic E-state index is 13.3. The van der Waals surface area contributed by atoms with E-state index in [9.17, 15) is 22.7 Å².